The molecule has 28 heavy (non-hydrogen) atoms. The highest BCUT2D eigenvalue weighted by atomic mass is 79.9. The lowest BCUT2D eigenvalue weighted by Crippen LogP contribution is -2.33. The third-order valence-electron chi connectivity index (χ3n) is 4.56. The summed E-state index contributed by atoms with van der Waals surface area (Å²) in [7, 11) is 0. The van der Waals surface area contributed by atoms with Crippen molar-refractivity contribution in [2.75, 3.05) is 11.9 Å². The van der Waals surface area contributed by atoms with Crippen LogP contribution in [0.25, 0.3) is 0 Å². The first-order chi connectivity index (χ1) is 13.5. The number of nitrogens with one attached hydrogen (secondary N) is 2. The number of para-hydroxylation sites is 1. The van der Waals surface area contributed by atoms with E-state index in [1.165, 1.54) is 0 Å². The van der Waals surface area contributed by atoms with E-state index in [-0.39, 0.29) is 11.9 Å². The molecule has 0 bridgehead atoms. The summed E-state index contributed by atoms with van der Waals surface area (Å²) >= 11 is 3.27. The lowest BCUT2D eigenvalue weighted by atomic mass is 10.1. The molecule has 0 spiro atoms. The van der Waals surface area contributed by atoms with Gasteiger partial charge in [0.05, 0.1) is 16.8 Å². The number of hydrogen-bond donors (Lipinski definition) is 2. The number of amides is 2. The van der Waals surface area contributed by atoms with Crippen LogP contribution < -0.4 is 10.6 Å². The van der Waals surface area contributed by atoms with E-state index < -0.39 is 18.5 Å². The summed E-state index contributed by atoms with van der Waals surface area (Å²) in [5, 5.41) is 5.66. The van der Waals surface area contributed by atoms with Crippen molar-refractivity contribution >= 4 is 39.4 Å². The van der Waals surface area contributed by atoms with Crippen LogP contribution in [0.1, 0.15) is 46.4 Å². The molecule has 0 aliphatic heterocycles. The number of benzene rings is 2. The second-order valence-electron chi connectivity index (χ2n) is 6.60. The number of halogens is 1. The highest BCUT2D eigenvalue weighted by Gasteiger charge is 2.20. The molecule has 0 aromatic heterocycles. The quantitative estimate of drug-likeness (QED) is 0.661. The molecule has 0 atom stereocenters. The molecule has 0 unspecified atom stereocenters. The van der Waals surface area contributed by atoms with E-state index in [4.69, 9.17) is 4.74 Å². The molecule has 2 aromatic rings. The number of carbonyl (C=O) groups is 3. The maximum Gasteiger partial charge on any atom is 0.339 e. The van der Waals surface area contributed by atoms with Gasteiger partial charge in [0, 0.05) is 10.5 Å². The van der Waals surface area contributed by atoms with Gasteiger partial charge < -0.3 is 15.4 Å². The zero-order valence-electron chi connectivity index (χ0n) is 15.2. The fourth-order valence-corrected chi connectivity index (χ4v) is 3.59. The molecule has 1 aliphatic rings. The van der Waals surface area contributed by atoms with Crippen molar-refractivity contribution in [3.8, 4) is 0 Å². The Morgan fingerprint density at radius 3 is 2.32 bits per heavy atom. The van der Waals surface area contributed by atoms with Crippen LogP contribution in [0.3, 0.4) is 0 Å². The van der Waals surface area contributed by atoms with Crippen LogP contribution in [0.2, 0.25) is 0 Å². The van der Waals surface area contributed by atoms with Gasteiger partial charge >= 0.3 is 5.97 Å². The summed E-state index contributed by atoms with van der Waals surface area (Å²) < 4.78 is 5.66. The van der Waals surface area contributed by atoms with Crippen LogP contribution in [0.4, 0.5) is 5.69 Å². The second-order valence-corrected chi connectivity index (χ2v) is 7.46. The van der Waals surface area contributed by atoms with E-state index in [2.05, 4.69) is 26.6 Å². The van der Waals surface area contributed by atoms with Gasteiger partial charge in [0.15, 0.2) is 6.61 Å². The average Bonchev–Trinajstić information content (AvgIpc) is 3.20. The molecule has 0 heterocycles. The summed E-state index contributed by atoms with van der Waals surface area (Å²) in [5.41, 5.74) is 1.12. The number of ether oxygens (including phenoxy) is 1. The third-order valence-corrected chi connectivity index (χ3v) is 5.26. The first-order valence-electron chi connectivity index (χ1n) is 9.16. The van der Waals surface area contributed by atoms with Crippen molar-refractivity contribution in [1.29, 1.82) is 0 Å². The highest BCUT2D eigenvalue weighted by Crippen LogP contribution is 2.20. The van der Waals surface area contributed by atoms with Gasteiger partial charge in [-0.05, 0) is 53.0 Å². The molecule has 1 saturated carbocycles. The molecular formula is C21H21BrN2O4. The monoisotopic (exact) mass is 444 g/mol. The van der Waals surface area contributed by atoms with Crippen LogP contribution in [-0.4, -0.2) is 30.4 Å². The van der Waals surface area contributed by atoms with Crippen LogP contribution >= 0.6 is 15.9 Å². The second kappa shape index (κ2) is 9.50. The van der Waals surface area contributed by atoms with E-state index in [1.54, 1.807) is 48.5 Å². The van der Waals surface area contributed by atoms with E-state index in [0.717, 1.165) is 25.7 Å². The number of hydrogen-bond acceptors (Lipinski definition) is 4. The standard InChI is InChI=1S/C21H21BrN2O4/c22-17-11-5-3-9-15(17)21(27)28-13-19(25)24-18-12-6-4-10-16(18)20(26)23-14-7-1-2-8-14/h3-6,9-12,14H,1-2,7-8,13H2,(H,23,26)(H,24,25). The molecule has 0 saturated heterocycles. The molecule has 0 radical (unpaired) electrons. The smallest absolute Gasteiger partial charge is 0.339 e. The van der Waals surface area contributed by atoms with Gasteiger partial charge in [-0.3, -0.25) is 9.59 Å². The van der Waals surface area contributed by atoms with E-state index >= 15 is 0 Å². The Morgan fingerprint density at radius 1 is 0.964 bits per heavy atom. The Kier molecular flexibility index (Phi) is 6.81. The predicted octanol–water partition coefficient (Wildman–Crippen LogP) is 3.92. The van der Waals surface area contributed by atoms with Gasteiger partial charge in [0.1, 0.15) is 0 Å². The average molecular weight is 445 g/mol. The van der Waals surface area contributed by atoms with Crippen LogP contribution in [-0.2, 0) is 9.53 Å². The zero-order chi connectivity index (χ0) is 19.9. The minimum Gasteiger partial charge on any atom is -0.452 e. The first kappa shape index (κ1) is 20.1. The van der Waals surface area contributed by atoms with Gasteiger partial charge in [0.2, 0.25) is 0 Å². The topological polar surface area (TPSA) is 84.5 Å². The predicted molar refractivity (Wildman–Crippen MR) is 109 cm³/mol. The summed E-state index contributed by atoms with van der Waals surface area (Å²) in [6, 6.07) is 13.8. The molecule has 2 amide bonds. The number of rotatable bonds is 6. The summed E-state index contributed by atoms with van der Waals surface area (Å²) in [4.78, 5) is 36.9. The van der Waals surface area contributed by atoms with Crippen molar-refractivity contribution in [3.63, 3.8) is 0 Å². The van der Waals surface area contributed by atoms with Crippen molar-refractivity contribution < 1.29 is 19.1 Å². The highest BCUT2D eigenvalue weighted by molar-refractivity contribution is 9.10. The lowest BCUT2D eigenvalue weighted by molar-refractivity contribution is -0.119. The van der Waals surface area contributed by atoms with Crippen molar-refractivity contribution in [1.82, 2.24) is 5.32 Å². The molecule has 2 aromatic carbocycles. The lowest BCUT2D eigenvalue weighted by Gasteiger charge is -2.15. The first-order valence-corrected chi connectivity index (χ1v) is 9.95. The molecule has 6 nitrogen and oxygen atoms in total. The number of carbonyl (C=O) groups excluding carboxylic acids is 3. The van der Waals surface area contributed by atoms with E-state index in [1.807, 2.05) is 0 Å². The van der Waals surface area contributed by atoms with E-state index in [9.17, 15) is 14.4 Å². The van der Waals surface area contributed by atoms with E-state index in [0.29, 0.717) is 21.3 Å². The van der Waals surface area contributed by atoms with Crippen LogP contribution in [0.5, 0.6) is 0 Å². The fourth-order valence-electron chi connectivity index (χ4n) is 3.15. The number of anilines is 1. The molecule has 1 aliphatic carbocycles. The van der Waals surface area contributed by atoms with Gasteiger partial charge in [0.25, 0.3) is 11.8 Å². The van der Waals surface area contributed by atoms with Gasteiger partial charge in [-0.25, -0.2) is 4.79 Å². The fraction of sp³-hybridized carbons (Fsp3) is 0.286. The SMILES string of the molecule is O=C(COC(=O)c1ccccc1Br)Nc1ccccc1C(=O)NC1CCCC1. The maximum atomic E-state index is 12.5. The largest absolute Gasteiger partial charge is 0.452 e. The maximum absolute atomic E-state index is 12.5. The Bertz CT molecular complexity index is 878. The zero-order valence-corrected chi connectivity index (χ0v) is 16.8. The van der Waals surface area contributed by atoms with Gasteiger partial charge in [-0.2, -0.15) is 0 Å². The summed E-state index contributed by atoms with van der Waals surface area (Å²) in [6.07, 6.45) is 4.19. The Balaban J connectivity index is 1.59. The van der Waals surface area contributed by atoms with Crippen LogP contribution in [0.15, 0.2) is 53.0 Å². The molecule has 2 N–H and O–H groups in total. The van der Waals surface area contributed by atoms with Crippen molar-refractivity contribution in [3.05, 3.63) is 64.1 Å². The summed E-state index contributed by atoms with van der Waals surface area (Å²) in [5.74, 6) is -1.33. The number of esters is 1. The summed E-state index contributed by atoms with van der Waals surface area (Å²) in [6.45, 7) is -0.446. The molecule has 7 heteroatoms. The van der Waals surface area contributed by atoms with Gasteiger partial charge in [-0.15, -0.1) is 0 Å². The normalized spacial score (nSPS) is 13.8. The minimum absolute atomic E-state index is 0.182. The Hall–Kier alpha value is -2.67. The van der Waals surface area contributed by atoms with Crippen LogP contribution in [0, 0.1) is 0 Å². The molecule has 146 valence electrons. The third kappa shape index (κ3) is 5.19. The molecule has 1 fully saturated rings. The minimum atomic E-state index is -0.602. The Labute approximate surface area is 171 Å². The Morgan fingerprint density at radius 2 is 1.61 bits per heavy atom. The van der Waals surface area contributed by atoms with Crippen molar-refractivity contribution in [2.45, 2.75) is 31.7 Å². The van der Waals surface area contributed by atoms with Gasteiger partial charge in [-0.1, -0.05) is 37.1 Å². The molecule has 3 rings (SSSR count). The molecular weight excluding hydrogens is 424 g/mol. The van der Waals surface area contributed by atoms with Crippen molar-refractivity contribution in [2.24, 2.45) is 0 Å².